The van der Waals surface area contributed by atoms with Crippen LogP contribution >= 0.6 is 31.9 Å². The third-order valence-corrected chi connectivity index (χ3v) is 3.28. The van der Waals surface area contributed by atoms with Crippen molar-refractivity contribution in [2.75, 3.05) is 7.11 Å². The fraction of sp³-hybridized carbons (Fsp3) is 0.0833. The van der Waals surface area contributed by atoms with Crippen LogP contribution in [0.5, 0.6) is 17.2 Å². The molecule has 0 amide bonds. The molecule has 0 saturated heterocycles. The van der Waals surface area contributed by atoms with E-state index in [2.05, 4.69) is 36.8 Å². The molecule has 1 aromatic heterocycles. The van der Waals surface area contributed by atoms with Gasteiger partial charge in [-0.3, -0.25) is 0 Å². The highest BCUT2D eigenvalue weighted by Crippen LogP contribution is 2.38. The lowest BCUT2D eigenvalue weighted by molar-refractivity contribution is 0.377. The average molecular weight is 359 g/mol. The zero-order valence-corrected chi connectivity index (χ0v) is 12.2. The van der Waals surface area contributed by atoms with Gasteiger partial charge in [0.1, 0.15) is 4.60 Å². The van der Waals surface area contributed by atoms with Crippen molar-refractivity contribution in [3.8, 4) is 17.2 Å². The molecule has 0 unspecified atom stereocenters. The van der Waals surface area contributed by atoms with E-state index in [4.69, 9.17) is 9.47 Å². The Bertz CT molecular complexity index is 511. The molecule has 0 saturated carbocycles. The number of pyridine rings is 1. The Morgan fingerprint density at radius 2 is 1.76 bits per heavy atom. The van der Waals surface area contributed by atoms with Crippen LogP contribution in [0.2, 0.25) is 0 Å². The van der Waals surface area contributed by atoms with Gasteiger partial charge in [-0.25, -0.2) is 4.98 Å². The van der Waals surface area contributed by atoms with E-state index in [1.807, 2.05) is 30.3 Å². The van der Waals surface area contributed by atoms with E-state index in [0.717, 1.165) is 4.47 Å². The summed E-state index contributed by atoms with van der Waals surface area (Å²) in [4.78, 5) is 4.11. The zero-order valence-electron chi connectivity index (χ0n) is 8.98. The first-order chi connectivity index (χ1) is 8.22. The van der Waals surface area contributed by atoms with Gasteiger partial charge in [-0.05, 0) is 50.1 Å². The van der Waals surface area contributed by atoms with Crippen LogP contribution in [0.15, 0.2) is 45.6 Å². The number of aromatic nitrogens is 1. The first-order valence-corrected chi connectivity index (χ1v) is 6.42. The van der Waals surface area contributed by atoms with Crippen LogP contribution in [0.25, 0.3) is 0 Å². The van der Waals surface area contributed by atoms with Gasteiger partial charge >= 0.3 is 0 Å². The van der Waals surface area contributed by atoms with Gasteiger partial charge in [0.05, 0.1) is 11.6 Å². The normalized spacial score (nSPS) is 10.1. The number of para-hydroxylation sites is 2. The quantitative estimate of drug-likeness (QED) is 0.761. The molecule has 0 spiro atoms. The Hall–Kier alpha value is -1.07. The lowest BCUT2D eigenvalue weighted by atomic mass is 10.3. The maximum absolute atomic E-state index is 5.78. The van der Waals surface area contributed by atoms with Crippen molar-refractivity contribution in [1.29, 1.82) is 0 Å². The third-order valence-electron chi connectivity index (χ3n) is 2.09. The summed E-state index contributed by atoms with van der Waals surface area (Å²) in [5.41, 5.74) is 0. The van der Waals surface area contributed by atoms with Crippen molar-refractivity contribution in [3.05, 3.63) is 45.6 Å². The van der Waals surface area contributed by atoms with E-state index in [-0.39, 0.29) is 0 Å². The second-order valence-electron chi connectivity index (χ2n) is 3.17. The SMILES string of the molecule is COc1ccccc1Oc1c(Br)ccnc1Br. The smallest absolute Gasteiger partial charge is 0.174 e. The van der Waals surface area contributed by atoms with Crippen LogP contribution in [0.3, 0.4) is 0 Å². The van der Waals surface area contributed by atoms with Gasteiger partial charge in [0.25, 0.3) is 0 Å². The lowest BCUT2D eigenvalue weighted by Crippen LogP contribution is -1.92. The number of nitrogens with zero attached hydrogens (tertiary/aromatic N) is 1. The van der Waals surface area contributed by atoms with Gasteiger partial charge in [-0.1, -0.05) is 12.1 Å². The molecule has 2 aromatic rings. The summed E-state index contributed by atoms with van der Waals surface area (Å²) in [6.45, 7) is 0. The third kappa shape index (κ3) is 2.79. The van der Waals surface area contributed by atoms with Crippen LogP contribution in [0.1, 0.15) is 0 Å². The van der Waals surface area contributed by atoms with E-state index in [1.54, 1.807) is 13.3 Å². The molecule has 0 aliphatic rings. The minimum atomic E-state index is 0.622. The van der Waals surface area contributed by atoms with Crippen LogP contribution < -0.4 is 9.47 Å². The van der Waals surface area contributed by atoms with Gasteiger partial charge < -0.3 is 9.47 Å². The van der Waals surface area contributed by atoms with Crippen molar-refractivity contribution in [2.24, 2.45) is 0 Å². The summed E-state index contributed by atoms with van der Waals surface area (Å²) < 4.78 is 12.5. The first kappa shape index (κ1) is 12.4. The molecule has 0 aliphatic carbocycles. The maximum Gasteiger partial charge on any atom is 0.174 e. The van der Waals surface area contributed by atoms with Crippen LogP contribution in [0.4, 0.5) is 0 Å². The fourth-order valence-corrected chi connectivity index (χ4v) is 2.37. The van der Waals surface area contributed by atoms with E-state index < -0.39 is 0 Å². The lowest BCUT2D eigenvalue weighted by Gasteiger charge is -2.11. The molecule has 0 radical (unpaired) electrons. The van der Waals surface area contributed by atoms with Crippen molar-refractivity contribution in [3.63, 3.8) is 0 Å². The predicted molar refractivity (Wildman–Crippen MR) is 72.7 cm³/mol. The summed E-state index contributed by atoms with van der Waals surface area (Å²) in [5.74, 6) is 1.94. The van der Waals surface area contributed by atoms with Gasteiger partial charge in [-0.2, -0.15) is 0 Å². The first-order valence-electron chi connectivity index (χ1n) is 4.83. The van der Waals surface area contributed by atoms with Crippen LogP contribution in [-0.2, 0) is 0 Å². The number of ether oxygens (including phenoxy) is 2. The van der Waals surface area contributed by atoms with Gasteiger partial charge in [0.2, 0.25) is 0 Å². The van der Waals surface area contributed by atoms with Crippen molar-refractivity contribution in [2.45, 2.75) is 0 Å². The summed E-state index contributed by atoms with van der Waals surface area (Å²) >= 11 is 6.76. The minimum absolute atomic E-state index is 0.622. The molecule has 88 valence electrons. The molecule has 0 bridgehead atoms. The van der Waals surface area contributed by atoms with Crippen LogP contribution in [-0.4, -0.2) is 12.1 Å². The van der Waals surface area contributed by atoms with Crippen molar-refractivity contribution < 1.29 is 9.47 Å². The molecule has 0 atom stereocenters. The number of hydrogen-bond acceptors (Lipinski definition) is 3. The highest BCUT2D eigenvalue weighted by Gasteiger charge is 2.11. The van der Waals surface area contributed by atoms with Gasteiger partial charge in [0, 0.05) is 6.20 Å². The average Bonchev–Trinajstić information content (AvgIpc) is 2.34. The number of hydrogen-bond donors (Lipinski definition) is 0. The molecule has 0 N–H and O–H groups in total. The molecule has 0 fully saturated rings. The van der Waals surface area contributed by atoms with Gasteiger partial charge in [0.15, 0.2) is 17.2 Å². The summed E-state index contributed by atoms with van der Waals surface area (Å²) in [5, 5.41) is 0. The highest BCUT2D eigenvalue weighted by molar-refractivity contribution is 9.11. The number of methoxy groups -OCH3 is 1. The Balaban J connectivity index is 2.38. The van der Waals surface area contributed by atoms with Gasteiger partial charge in [-0.15, -0.1) is 0 Å². The summed E-state index contributed by atoms with van der Waals surface area (Å²) in [6.07, 6.45) is 1.68. The topological polar surface area (TPSA) is 31.4 Å². The Kier molecular flexibility index (Phi) is 4.02. The molecule has 1 aromatic carbocycles. The molecule has 5 heteroatoms. The number of benzene rings is 1. The minimum Gasteiger partial charge on any atom is -0.493 e. The van der Waals surface area contributed by atoms with E-state index in [1.165, 1.54) is 0 Å². The Morgan fingerprint density at radius 1 is 1.06 bits per heavy atom. The Labute approximate surface area is 116 Å². The second-order valence-corrected chi connectivity index (χ2v) is 4.77. The molecule has 17 heavy (non-hydrogen) atoms. The monoisotopic (exact) mass is 357 g/mol. The number of rotatable bonds is 3. The van der Waals surface area contributed by atoms with E-state index in [9.17, 15) is 0 Å². The van der Waals surface area contributed by atoms with E-state index in [0.29, 0.717) is 21.9 Å². The molecule has 2 rings (SSSR count). The Morgan fingerprint density at radius 3 is 2.41 bits per heavy atom. The summed E-state index contributed by atoms with van der Waals surface area (Å²) in [6, 6.07) is 9.27. The standard InChI is InChI=1S/C12H9Br2NO2/c1-16-9-4-2-3-5-10(9)17-11-8(13)6-7-15-12(11)14/h2-7H,1H3. The summed E-state index contributed by atoms with van der Waals surface area (Å²) in [7, 11) is 1.61. The highest BCUT2D eigenvalue weighted by atomic mass is 79.9. The molecule has 3 nitrogen and oxygen atoms in total. The molecule has 1 heterocycles. The van der Waals surface area contributed by atoms with Crippen molar-refractivity contribution >= 4 is 31.9 Å². The molecular formula is C12H9Br2NO2. The van der Waals surface area contributed by atoms with E-state index >= 15 is 0 Å². The zero-order chi connectivity index (χ0) is 12.3. The largest absolute Gasteiger partial charge is 0.493 e. The molecular weight excluding hydrogens is 350 g/mol. The fourth-order valence-electron chi connectivity index (χ4n) is 1.30. The second kappa shape index (κ2) is 5.51. The van der Waals surface area contributed by atoms with Crippen LogP contribution in [0, 0.1) is 0 Å². The molecule has 0 aliphatic heterocycles. The van der Waals surface area contributed by atoms with Crippen molar-refractivity contribution in [1.82, 2.24) is 4.98 Å². The predicted octanol–water partition coefficient (Wildman–Crippen LogP) is 4.41. The number of halogens is 2. The maximum atomic E-state index is 5.78.